The van der Waals surface area contributed by atoms with Crippen molar-refractivity contribution in [1.82, 2.24) is 0 Å². The quantitative estimate of drug-likeness (QED) is 0.120. The molecule has 149 heavy (non-hydrogen) atoms. The molecule has 22 aromatic carbocycles. The van der Waals surface area contributed by atoms with Gasteiger partial charge in [0.15, 0.2) is 0 Å². The summed E-state index contributed by atoms with van der Waals surface area (Å²) in [4.78, 5) is 0. The van der Waals surface area contributed by atoms with E-state index < -0.39 is 21.7 Å². The predicted octanol–water partition coefficient (Wildman–Crippen LogP) is 37.4. The fraction of sp³-hybridized carbons (Fsp3) is 0.0638. The lowest BCUT2D eigenvalue weighted by Gasteiger charge is -2.38. The fourth-order valence-electron chi connectivity index (χ4n) is 26.8. The van der Waals surface area contributed by atoms with Crippen LogP contribution in [0.5, 0.6) is 0 Å². The van der Waals surface area contributed by atoms with Crippen molar-refractivity contribution in [1.29, 1.82) is 0 Å². The van der Waals surface area contributed by atoms with Crippen molar-refractivity contribution in [2.75, 3.05) is 0 Å². The van der Waals surface area contributed by atoms with Gasteiger partial charge in [0.05, 0.1) is 21.7 Å². The van der Waals surface area contributed by atoms with Gasteiger partial charge < -0.3 is 0 Å². The first kappa shape index (κ1) is 88.9. The van der Waals surface area contributed by atoms with E-state index in [4.69, 9.17) is 0 Å². The highest BCUT2D eigenvalue weighted by atomic mass is 19.2. The van der Waals surface area contributed by atoms with Crippen LogP contribution in [-0.2, 0) is 21.7 Å². The topological polar surface area (TPSA) is 0 Å². The molecule has 30 rings (SSSR count). The smallest absolute Gasteiger partial charge is 0.123 e. The lowest BCUT2D eigenvalue weighted by molar-refractivity contribution is 0.627. The Morgan fingerprint density at radius 1 is 0.128 bits per heavy atom. The van der Waals surface area contributed by atoms with Crippen molar-refractivity contribution in [2.24, 2.45) is 0 Å². The third-order valence-corrected chi connectivity index (χ3v) is 33.1. The van der Waals surface area contributed by atoms with Crippen LogP contribution >= 0.6 is 0 Å². The van der Waals surface area contributed by atoms with Gasteiger partial charge in [-0.25, -0.2) is 35.1 Å². The second-order valence-electron chi connectivity index (χ2n) is 40.5. The van der Waals surface area contributed by atoms with Gasteiger partial charge in [-0.1, -0.05) is 349 Å². The number of benzene rings is 22. The summed E-state index contributed by atoms with van der Waals surface area (Å²) in [5.74, 6) is -2.34. The molecule has 0 heterocycles. The van der Waals surface area contributed by atoms with Crippen LogP contribution in [0, 0.1) is 46.5 Å². The van der Waals surface area contributed by atoms with E-state index in [2.05, 4.69) is 281 Å². The minimum atomic E-state index is -0.894. The van der Waals surface area contributed by atoms with E-state index in [0.29, 0.717) is 0 Å². The molecule has 0 aliphatic heterocycles. The average Bonchev–Trinajstić information content (AvgIpc) is 1.47. The molecule has 708 valence electrons. The number of hydrogen-bond acceptors (Lipinski definition) is 0. The Labute approximate surface area is 858 Å². The molecular weight excluding hydrogens is 1850 g/mol. The van der Waals surface area contributed by atoms with Gasteiger partial charge in [0.2, 0.25) is 0 Å². The lowest BCUT2D eigenvalue weighted by atomic mass is 9.62. The molecule has 0 aromatic heterocycles. The maximum absolute atomic E-state index is 14.6. The van der Waals surface area contributed by atoms with E-state index in [1.54, 1.807) is 0 Å². The van der Waals surface area contributed by atoms with Crippen molar-refractivity contribution in [2.45, 2.75) is 54.8 Å². The van der Waals surface area contributed by atoms with Crippen molar-refractivity contribution in [3.05, 3.63) is 597 Å². The zero-order valence-electron chi connectivity index (χ0n) is 81.0. The van der Waals surface area contributed by atoms with Crippen LogP contribution in [0.25, 0.3) is 178 Å². The Morgan fingerprint density at radius 3 is 0.383 bits per heavy atom. The zero-order chi connectivity index (χ0) is 100. The first-order valence-electron chi connectivity index (χ1n) is 51.0. The summed E-state index contributed by atoms with van der Waals surface area (Å²) >= 11 is 0. The Morgan fingerprint density at radius 2 is 0.248 bits per heavy atom. The molecule has 0 radical (unpaired) electrons. The highest BCUT2D eigenvalue weighted by Gasteiger charge is 2.63. The maximum Gasteiger partial charge on any atom is 0.123 e. The summed E-state index contributed by atoms with van der Waals surface area (Å²) in [6.07, 6.45) is 4.08. The van der Waals surface area contributed by atoms with Gasteiger partial charge in [0.25, 0.3) is 0 Å². The van der Waals surface area contributed by atoms with Crippen LogP contribution in [0.2, 0.25) is 0 Å². The minimum Gasteiger partial charge on any atom is -0.207 e. The van der Waals surface area contributed by atoms with Gasteiger partial charge in [0, 0.05) is 0 Å². The molecule has 0 nitrogen and oxygen atoms in total. The fourth-order valence-corrected chi connectivity index (χ4v) is 26.8. The summed E-state index contributed by atoms with van der Waals surface area (Å²) < 4.78 is 117. The summed E-state index contributed by atoms with van der Waals surface area (Å²) in [5.41, 5.74) is 47.8. The molecule has 8 aliphatic rings. The Kier molecular flexibility index (Phi) is 20.3. The van der Waals surface area contributed by atoms with Crippen LogP contribution in [0.3, 0.4) is 0 Å². The van der Waals surface area contributed by atoms with E-state index >= 15 is 0 Å². The second kappa shape index (κ2) is 33.9. The van der Waals surface area contributed by atoms with Crippen LogP contribution < -0.4 is 0 Å². The molecule has 4 spiro atoms. The van der Waals surface area contributed by atoms with Crippen LogP contribution in [0.15, 0.2) is 461 Å². The summed E-state index contributed by atoms with van der Waals surface area (Å²) in [6.45, 7) is 4.42. The molecule has 8 aliphatic carbocycles. The standard InChI is InChI=1S/2C68H38F4.C5H12/c2*69-47-21-9-39(10-22-47)43-17-29-53-54-30-18-44(40-11-23-48(70)24-12-40)36-62(54)67(61(53)35-43)59-7-3-1-5-51(59)57-33-34-58-52-6-2-4-8-60(52)68(66(58)65(57)67)63-37-45(41-13-25-49(71)26-14-41)19-31-55(63)56-32-20-46(38-64(56)68)42-15-27-50(72)28-16-42;1-3-5-4-2/h2*1-38H;3-5H2,1-2H3. The van der Waals surface area contributed by atoms with E-state index in [1.807, 2.05) is 97.1 Å². The van der Waals surface area contributed by atoms with Crippen molar-refractivity contribution >= 4 is 0 Å². The number of hydrogen-bond donors (Lipinski definition) is 0. The molecule has 0 N–H and O–H groups in total. The molecular formula is C141H88F8. The highest BCUT2D eigenvalue weighted by Crippen LogP contribution is 2.75. The summed E-state index contributed by atoms with van der Waals surface area (Å²) in [6, 6.07) is 152. The number of fused-ring (bicyclic) bond motifs is 42. The zero-order valence-corrected chi connectivity index (χ0v) is 81.0. The number of halogens is 8. The summed E-state index contributed by atoms with van der Waals surface area (Å²) in [5, 5.41) is 0. The first-order valence-corrected chi connectivity index (χ1v) is 51.0. The third-order valence-electron chi connectivity index (χ3n) is 33.1. The Bertz CT molecular complexity index is 7900. The number of unbranched alkanes of at least 4 members (excludes halogenated alkanes) is 2. The molecule has 0 atom stereocenters. The van der Waals surface area contributed by atoms with Crippen LogP contribution in [-0.4, -0.2) is 0 Å². The molecule has 0 amide bonds. The van der Waals surface area contributed by atoms with E-state index in [1.165, 1.54) is 139 Å². The minimum absolute atomic E-state index is 0.293. The van der Waals surface area contributed by atoms with Gasteiger partial charge in [-0.3, -0.25) is 0 Å². The Balaban J connectivity index is 0.000000137. The van der Waals surface area contributed by atoms with Gasteiger partial charge in [-0.05, 0) is 413 Å². The molecule has 0 fully saturated rings. The predicted molar refractivity (Wildman–Crippen MR) is 586 cm³/mol. The molecule has 0 bridgehead atoms. The first-order chi connectivity index (χ1) is 73.0. The monoisotopic (exact) mass is 1930 g/mol. The second-order valence-corrected chi connectivity index (χ2v) is 40.5. The normalized spacial score (nSPS) is 13.9. The summed E-state index contributed by atoms with van der Waals surface area (Å²) in [7, 11) is 0. The number of rotatable bonds is 10. The van der Waals surface area contributed by atoms with Crippen LogP contribution in [0.4, 0.5) is 35.1 Å². The van der Waals surface area contributed by atoms with Gasteiger partial charge in [-0.15, -0.1) is 0 Å². The van der Waals surface area contributed by atoms with Gasteiger partial charge in [-0.2, -0.15) is 0 Å². The molecule has 22 aromatic rings. The van der Waals surface area contributed by atoms with E-state index in [-0.39, 0.29) is 46.5 Å². The average molecular weight is 1930 g/mol. The third kappa shape index (κ3) is 13.0. The van der Waals surface area contributed by atoms with Crippen molar-refractivity contribution in [3.8, 4) is 178 Å². The van der Waals surface area contributed by atoms with E-state index in [9.17, 15) is 35.1 Å². The largest absolute Gasteiger partial charge is 0.207 e. The van der Waals surface area contributed by atoms with Gasteiger partial charge >= 0.3 is 0 Å². The Hall–Kier alpha value is -17.7. The molecule has 0 saturated carbocycles. The molecule has 8 heteroatoms. The lowest BCUT2D eigenvalue weighted by Crippen LogP contribution is -2.33. The molecule has 0 saturated heterocycles. The van der Waals surface area contributed by atoms with Crippen molar-refractivity contribution in [3.63, 3.8) is 0 Å². The van der Waals surface area contributed by atoms with E-state index in [0.717, 1.165) is 245 Å². The highest BCUT2D eigenvalue weighted by molar-refractivity contribution is 6.08. The maximum atomic E-state index is 14.6. The van der Waals surface area contributed by atoms with Crippen LogP contribution in [0.1, 0.15) is 122 Å². The van der Waals surface area contributed by atoms with Gasteiger partial charge in [0.1, 0.15) is 46.5 Å². The van der Waals surface area contributed by atoms with Crippen molar-refractivity contribution < 1.29 is 35.1 Å². The SMILES string of the molecule is CCCCC.Fc1ccc(-c2ccc3c(c2)C2(c4cc(-c5ccc(F)cc5)ccc4-3)c3ccccc3-c3ccc4c(c32)C2(c3cc(-c5ccc(F)cc5)ccc3-c3ccc(-c5ccc(F)cc5)cc32)c2ccccc2-4)cc1.Fc1ccc(-c2ccc3c(c2)C2(c4cc(-c5ccc(F)cc5)ccc4-3)c3ccccc3-c3ccc4c(c32)C2(c3cc(-c5ccc(F)cc5)ccc3-c3ccc(-c5ccc(F)cc5)cc32)c2ccccc2-4)cc1. The molecule has 0 unspecified atom stereocenters.